The van der Waals surface area contributed by atoms with Crippen LogP contribution in [0.4, 0.5) is 5.82 Å². The minimum atomic E-state index is 0.384. The van der Waals surface area contributed by atoms with E-state index in [1.54, 1.807) is 0 Å². The van der Waals surface area contributed by atoms with Crippen LogP contribution in [0.2, 0.25) is 0 Å². The molecule has 1 aliphatic rings. The van der Waals surface area contributed by atoms with Crippen molar-refractivity contribution in [1.29, 1.82) is 0 Å². The van der Waals surface area contributed by atoms with Crippen molar-refractivity contribution in [3.8, 4) is 0 Å². The van der Waals surface area contributed by atoms with Crippen molar-refractivity contribution < 1.29 is 0 Å². The number of nitrogens with zero attached hydrogens (tertiary/aromatic N) is 2. The second-order valence-corrected chi connectivity index (χ2v) is 3.22. The quantitative estimate of drug-likeness (QED) is 0.639. The van der Waals surface area contributed by atoms with Crippen molar-refractivity contribution in [2.24, 2.45) is 5.73 Å². The molecule has 2 rings (SSSR count). The van der Waals surface area contributed by atoms with Crippen molar-refractivity contribution in [2.75, 3.05) is 18.4 Å². The molecule has 2 heterocycles. The molecule has 1 aromatic heterocycles. The van der Waals surface area contributed by atoms with Gasteiger partial charge in [0, 0.05) is 19.2 Å². The lowest BCUT2D eigenvalue weighted by Gasteiger charge is -2.24. The third kappa shape index (κ3) is 1.08. The van der Waals surface area contributed by atoms with Gasteiger partial charge in [-0.25, -0.2) is 4.68 Å². The highest BCUT2D eigenvalue weighted by molar-refractivity contribution is 5.38. The number of nitrogens with two attached hydrogens (primary N) is 1. The Morgan fingerprint density at radius 3 is 3.42 bits per heavy atom. The molecule has 0 saturated heterocycles. The molecule has 0 bridgehead atoms. The van der Waals surface area contributed by atoms with Crippen LogP contribution in [0, 0.1) is 6.92 Å². The molecule has 0 saturated carbocycles. The summed E-state index contributed by atoms with van der Waals surface area (Å²) in [5.41, 5.74) is 6.69. The number of hydrogen-bond donors (Lipinski definition) is 2. The maximum atomic E-state index is 5.64. The molecule has 1 aliphatic heterocycles. The zero-order valence-corrected chi connectivity index (χ0v) is 7.25. The van der Waals surface area contributed by atoms with Gasteiger partial charge in [0.05, 0.1) is 11.7 Å². The van der Waals surface area contributed by atoms with Gasteiger partial charge in [0.2, 0.25) is 0 Å². The van der Waals surface area contributed by atoms with E-state index in [9.17, 15) is 0 Å². The molecular weight excluding hydrogens is 152 g/mol. The Labute approximate surface area is 71.7 Å². The van der Waals surface area contributed by atoms with E-state index in [1.807, 2.05) is 11.6 Å². The standard InChI is InChI=1S/C8H14N4/c1-6-4-8-10-3-2-7(5-9)12(8)11-6/h4,7,10H,2-3,5,9H2,1H3. The third-order valence-corrected chi connectivity index (χ3v) is 2.26. The van der Waals surface area contributed by atoms with E-state index in [1.165, 1.54) is 0 Å². The van der Waals surface area contributed by atoms with Crippen molar-refractivity contribution in [2.45, 2.75) is 19.4 Å². The molecule has 3 N–H and O–H groups in total. The zero-order chi connectivity index (χ0) is 8.55. The minimum Gasteiger partial charge on any atom is -0.370 e. The average molecular weight is 166 g/mol. The number of aryl methyl sites for hydroxylation is 1. The van der Waals surface area contributed by atoms with Crippen molar-refractivity contribution >= 4 is 5.82 Å². The van der Waals surface area contributed by atoms with Crippen LogP contribution in [0.15, 0.2) is 6.07 Å². The summed E-state index contributed by atoms with van der Waals surface area (Å²) >= 11 is 0. The monoisotopic (exact) mass is 166 g/mol. The van der Waals surface area contributed by atoms with Crippen LogP contribution in [0.1, 0.15) is 18.2 Å². The first-order valence-corrected chi connectivity index (χ1v) is 4.31. The smallest absolute Gasteiger partial charge is 0.124 e. The summed E-state index contributed by atoms with van der Waals surface area (Å²) in [5.74, 6) is 1.11. The average Bonchev–Trinajstić information content (AvgIpc) is 2.44. The Morgan fingerprint density at radius 1 is 1.83 bits per heavy atom. The molecule has 4 heteroatoms. The van der Waals surface area contributed by atoms with E-state index >= 15 is 0 Å². The van der Waals surface area contributed by atoms with E-state index in [4.69, 9.17) is 5.73 Å². The number of hydrogen-bond acceptors (Lipinski definition) is 3. The first-order chi connectivity index (χ1) is 5.81. The number of fused-ring (bicyclic) bond motifs is 1. The molecule has 0 aromatic carbocycles. The number of anilines is 1. The van der Waals surface area contributed by atoms with Gasteiger partial charge in [0.1, 0.15) is 5.82 Å². The summed E-state index contributed by atoms with van der Waals surface area (Å²) in [6.07, 6.45) is 1.07. The first kappa shape index (κ1) is 7.61. The SMILES string of the molecule is Cc1cc2n(n1)C(CN)CCN2. The van der Waals surface area contributed by atoms with Crippen LogP contribution in [0.25, 0.3) is 0 Å². The number of rotatable bonds is 1. The van der Waals surface area contributed by atoms with Gasteiger partial charge >= 0.3 is 0 Å². The molecule has 0 amide bonds. The van der Waals surface area contributed by atoms with Crippen LogP contribution >= 0.6 is 0 Å². The first-order valence-electron chi connectivity index (χ1n) is 4.31. The Hall–Kier alpha value is -1.03. The highest BCUT2D eigenvalue weighted by Gasteiger charge is 2.18. The van der Waals surface area contributed by atoms with Crippen LogP contribution in [0.5, 0.6) is 0 Å². The fraction of sp³-hybridized carbons (Fsp3) is 0.625. The van der Waals surface area contributed by atoms with Gasteiger partial charge in [-0.3, -0.25) is 0 Å². The highest BCUT2D eigenvalue weighted by atomic mass is 15.4. The number of nitrogens with one attached hydrogen (secondary N) is 1. The Bertz CT molecular complexity index is 279. The molecule has 0 fully saturated rings. The van der Waals surface area contributed by atoms with Crippen LogP contribution in [-0.2, 0) is 0 Å². The highest BCUT2D eigenvalue weighted by Crippen LogP contribution is 2.22. The lowest BCUT2D eigenvalue weighted by atomic mass is 10.2. The van der Waals surface area contributed by atoms with E-state index in [0.717, 1.165) is 24.5 Å². The van der Waals surface area contributed by atoms with E-state index in [2.05, 4.69) is 16.5 Å². The van der Waals surface area contributed by atoms with E-state index < -0.39 is 0 Å². The summed E-state index contributed by atoms with van der Waals surface area (Å²) in [4.78, 5) is 0. The zero-order valence-electron chi connectivity index (χ0n) is 7.25. The van der Waals surface area contributed by atoms with Crippen LogP contribution < -0.4 is 11.1 Å². The van der Waals surface area contributed by atoms with Crippen LogP contribution in [0.3, 0.4) is 0 Å². The molecule has 1 unspecified atom stereocenters. The Balaban J connectivity index is 2.36. The van der Waals surface area contributed by atoms with Crippen molar-refractivity contribution in [3.63, 3.8) is 0 Å². The van der Waals surface area contributed by atoms with Crippen molar-refractivity contribution in [3.05, 3.63) is 11.8 Å². The molecule has 1 aromatic rings. The van der Waals surface area contributed by atoms with Gasteiger partial charge in [-0.1, -0.05) is 0 Å². The largest absolute Gasteiger partial charge is 0.370 e. The van der Waals surface area contributed by atoms with E-state index in [0.29, 0.717) is 12.6 Å². The summed E-state index contributed by atoms with van der Waals surface area (Å²) in [7, 11) is 0. The van der Waals surface area contributed by atoms with Gasteiger partial charge in [-0.05, 0) is 13.3 Å². The van der Waals surface area contributed by atoms with E-state index in [-0.39, 0.29) is 0 Å². The molecule has 0 spiro atoms. The summed E-state index contributed by atoms with van der Waals surface area (Å²) < 4.78 is 2.00. The molecule has 4 nitrogen and oxygen atoms in total. The van der Waals surface area contributed by atoms with Gasteiger partial charge in [0.25, 0.3) is 0 Å². The lowest BCUT2D eigenvalue weighted by Crippen LogP contribution is -2.28. The maximum absolute atomic E-state index is 5.64. The topological polar surface area (TPSA) is 55.9 Å². The van der Waals surface area contributed by atoms with Gasteiger partial charge in [0.15, 0.2) is 0 Å². The van der Waals surface area contributed by atoms with Gasteiger partial charge < -0.3 is 11.1 Å². The minimum absolute atomic E-state index is 0.384. The van der Waals surface area contributed by atoms with Gasteiger partial charge in [-0.15, -0.1) is 0 Å². The second-order valence-electron chi connectivity index (χ2n) is 3.22. The van der Waals surface area contributed by atoms with Gasteiger partial charge in [-0.2, -0.15) is 5.10 Å². The summed E-state index contributed by atoms with van der Waals surface area (Å²) in [6.45, 7) is 3.68. The fourth-order valence-electron chi connectivity index (χ4n) is 1.63. The second kappa shape index (κ2) is 2.79. The predicted octanol–water partition coefficient (Wildman–Crippen LogP) is 0.507. The summed E-state index contributed by atoms with van der Waals surface area (Å²) in [5, 5.41) is 7.67. The maximum Gasteiger partial charge on any atom is 0.124 e. The molecule has 0 radical (unpaired) electrons. The lowest BCUT2D eigenvalue weighted by molar-refractivity contribution is 0.426. The Morgan fingerprint density at radius 2 is 2.67 bits per heavy atom. The summed E-state index contributed by atoms with van der Waals surface area (Å²) in [6, 6.07) is 2.44. The molecule has 12 heavy (non-hydrogen) atoms. The number of aromatic nitrogens is 2. The fourth-order valence-corrected chi connectivity index (χ4v) is 1.63. The third-order valence-electron chi connectivity index (χ3n) is 2.26. The van der Waals surface area contributed by atoms with Crippen LogP contribution in [-0.4, -0.2) is 22.9 Å². The molecule has 1 atom stereocenters. The molecular formula is C8H14N4. The van der Waals surface area contributed by atoms with Crippen molar-refractivity contribution in [1.82, 2.24) is 9.78 Å². The normalized spacial score (nSPS) is 21.7. The Kier molecular flexibility index (Phi) is 1.77. The molecule has 0 aliphatic carbocycles. The molecule has 66 valence electrons. The predicted molar refractivity (Wildman–Crippen MR) is 48.2 cm³/mol.